The minimum absolute atomic E-state index is 1.11. The second-order valence-electron chi connectivity index (χ2n) is 3.42. The zero-order valence-corrected chi connectivity index (χ0v) is 8.85. The Morgan fingerprint density at radius 2 is 2.15 bits per heavy atom. The Kier molecular flexibility index (Phi) is 3.30. The molecule has 0 heterocycles. The number of hydrogen-bond donors (Lipinski definition) is 0. The van der Waals surface area contributed by atoms with Gasteiger partial charge in [0.15, 0.2) is 0 Å². The Bertz CT molecular complexity index is 298. The van der Waals surface area contributed by atoms with Crippen LogP contribution in [0.2, 0.25) is 0 Å². The van der Waals surface area contributed by atoms with E-state index >= 15 is 0 Å². The van der Waals surface area contributed by atoms with Crippen molar-refractivity contribution < 1.29 is 0 Å². The zero-order chi connectivity index (χ0) is 9.84. The minimum atomic E-state index is 1.11. The van der Waals surface area contributed by atoms with Gasteiger partial charge >= 0.3 is 0 Å². The first-order valence-corrected chi connectivity index (χ1v) is 4.91. The van der Waals surface area contributed by atoms with Crippen LogP contribution in [0.4, 0.5) is 0 Å². The van der Waals surface area contributed by atoms with Crippen LogP contribution in [0.3, 0.4) is 0 Å². The van der Waals surface area contributed by atoms with Gasteiger partial charge in [-0.2, -0.15) is 0 Å². The molecule has 0 aromatic rings. The first kappa shape index (κ1) is 10.0. The average molecular weight is 174 g/mol. The van der Waals surface area contributed by atoms with Crippen molar-refractivity contribution in [1.29, 1.82) is 0 Å². The molecule has 0 N–H and O–H groups in total. The number of allylic oxidation sites excluding steroid dienone is 7. The normalized spacial score (nSPS) is 23.3. The van der Waals surface area contributed by atoms with Crippen molar-refractivity contribution in [2.45, 2.75) is 33.6 Å². The molecular weight excluding hydrogens is 156 g/mol. The van der Waals surface area contributed by atoms with Crippen LogP contribution in [0.1, 0.15) is 33.6 Å². The highest BCUT2D eigenvalue weighted by atomic mass is 14.2. The maximum absolute atomic E-state index is 3.75. The molecule has 0 heteroatoms. The van der Waals surface area contributed by atoms with Gasteiger partial charge in [0.2, 0.25) is 0 Å². The first-order chi connectivity index (χ1) is 6.24. The molecule has 0 nitrogen and oxygen atoms in total. The molecule has 0 saturated heterocycles. The van der Waals surface area contributed by atoms with Crippen LogP contribution in [-0.4, -0.2) is 0 Å². The fraction of sp³-hybridized carbons (Fsp3) is 0.385. The van der Waals surface area contributed by atoms with Gasteiger partial charge < -0.3 is 0 Å². The van der Waals surface area contributed by atoms with Gasteiger partial charge in [0, 0.05) is 0 Å². The third kappa shape index (κ3) is 1.82. The van der Waals surface area contributed by atoms with E-state index in [0.29, 0.717) is 0 Å². The largest absolute Gasteiger partial charge is 0.0991 e. The van der Waals surface area contributed by atoms with Crippen molar-refractivity contribution >= 4 is 0 Å². The molecule has 0 atom stereocenters. The summed E-state index contributed by atoms with van der Waals surface area (Å²) in [5, 5.41) is 0. The topological polar surface area (TPSA) is 0 Å². The lowest BCUT2D eigenvalue weighted by atomic mass is 10.0. The standard InChI is InChI=1S/C13H18/c1-5-8-11-9-10(4)12(6-2)13(11)7-3/h5,7-8H,1,6,9H2,2-4H3. The predicted molar refractivity (Wildman–Crippen MR) is 59.6 cm³/mol. The summed E-state index contributed by atoms with van der Waals surface area (Å²) in [5.74, 6) is 0. The molecule has 70 valence electrons. The van der Waals surface area contributed by atoms with E-state index in [1.165, 1.54) is 22.3 Å². The minimum Gasteiger partial charge on any atom is -0.0991 e. The predicted octanol–water partition coefficient (Wildman–Crippen LogP) is 4.18. The van der Waals surface area contributed by atoms with Crippen LogP contribution in [0.25, 0.3) is 0 Å². The van der Waals surface area contributed by atoms with Crippen LogP contribution in [0, 0.1) is 0 Å². The molecule has 1 aliphatic carbocycles. The lowest BCUT2D eigenvalue weighted by Crippen LogP contribution is -1.84. The van der Waals surface area contributed by atoms with Crippen LogP contribution >= 0.6 is 0 Å². The second-order valence-corrected chi connectivity index (χ2v) is 3.42. The molecule has 0 bridgehead atoms. The maximum atomic E-state index is 3.75. The summed E-state index contributed by atoms with van der Waals surface area (Å²) in [7, 11) is 0. The molecule has 0 radical (unpaired) electrons. The van der Waals surface area contributed by atoms with Gasteiger partial charge in [0.25, 0.3) is 0 Å². The lowest BCUT2D eigenvalue weighted by Gasteiger charge is -2.03. The van der Waals surface area contributed by atoms with E-state index in [0.717, 1.165) is 12.8 Å². The molecule has 1 aliphatic rings. The summed E-state index contributed by atoms with van der Waals surface area (Å²) in [6.45, 7) is 10.3. The van der Waals surface area contributed by atoms with Crippen LogP contribution < -0.4 is 0 Å². The van der Waals surface area contributed by atoms with Gasteiger partial charge in [-0.3, -0.25) is 0 Å². The van der Waals surface area contributed by atoms with E-state index in [9.17, 15) is 0 Å². The fourth-order valence-electron chi connectivity index (χ4n) is 2.05. The summed E-state index contributed by atoms with van der Waals surface area (Å²) in [4.78, 5) is 0. The molecule has 0 aromatic heterocycles. The average Bonchev–Trinajstić information content (AvgIpc) is 2.41. The van der Waals surface area contributed by atoms with Crippen LogP contribution in [-0.2, 0) is 0 Å². The highest BCUT2D eigenvalue weighted by Crippen LogP contribution is 2.37. The van der Waals surface area contributed by atoms with Gasteiger partial charge in [0.1, 0.15) is 0 Å². The Morgan fingerprint density at radius 3 is 2.62 bits per heavy atom. The van der Waals surface area contributed by atoms with Gasteiger partial charge in [-0.1, -0.05) is 37.3 Å². The van der Waals surface area contributed by atoms with E-state index in [2.05, 4.69) is 39.5 Å². The van der Waals surface area contributed by atoms with E-state index < -0.39 is 0 Å². The molecule has 0 aliphatic heterocycles. The van der Waals surface area contributed by atoms with E-state index in [1.807, 2.05) is 6.08 Å². The van der Waals surface area contributed by atoms with Gasteiger partial charge in [-0.25, -0.2) is 0 Å². The smallest absolute Gasteiger partial charge is 0.00579 e. The summed E-state index contributed by atoms with van der Waals surface area (Å²) in [5.41, 5.74) is 5.89. The lowest BCUT2D eigenvalue weighted by molar-refractivity contribution is 1.10. The Morgan fingerprint density at radius 1 is 1.46 bits per heavy atom. The third-order valence-corrected chi connectivity index (χ3v) is 2.60. The quantitative estimate of drug-likeness (QED) is 0.589. The molecular formula is C13H18. The second kappa shape index (κ2) is 4.27. The van der Waals surface area contributed by atoms with E-state index in [4.69, 9.17) is 0 Å². The third-order valence-electron chi connectivity index (χ3n) is 2.60. The molecule has 0 aromatic carbocycles. The van der Waals surface area contributed by atoms with Gasteiger partial charge in [-0.05, 0) is 43.4 Å². The molecule has 13 heavy (non-hydrogen) atoms. The number of hydrogen-bond acceptors (Lipinski definition) is 0. The first-order valence-electron chi connectivity index (χ1n) is 4.91. The summed E-state index contributed by atoms with van der Waals surface area (Å²) in [6.07, 6.45) is 8.46. The molecule has 0 unspecified atom stereocenters. The SMILES string of the molecule is C=CC=C1CC(C)=C(CC)C1=CC. The van der Waals surface area contributed by atoms with Crippen LogP contribution in [0.5, 0.6) is 0 Å². The number of rotatable bonds is 2. The molecule has 1 rings (SSSR count). The monoisotopic (exact) mass is 174 g/mol. The highest BCUT2D eigenvalue weighted by Gasteiger charge is 2.18. The van der Waals surface area contributed by atoms with Crippen molar-refractivity contribution in [3.63, 3.8) is 0 Å². The van der Waals surface area contributed by atoms with E-state index in [1.54, 1.807) is 0 Å². The van der Waals surface area contributed by atoms with E-state index in [-0.39, 0.29) is 0 Å². The zero-order valence-electron chi connectivity index (χ0n) is 8.85. The Labute approximate surface area is 81.4 Å². The maximum Gasteiger partial charge on any atom is -0.00579 e. The van der Waals surface area contributed by atoms with Crippen LogP contribution in [0.15, 0.2) is 47.1 Å². The fourth-order valence-corrected chi connectivity index (χ4v) is 2.05. The van der Waals surface area contributed by atoms with Crippen molar-refractivity contribution in [1.82, 2.24) is 0 Å². The summed E-state index contributed by atoms with van der Waals surface area (Å²) in [6, 6.07) is 0. The summed E-state index contributed by atoms with van der Waals surface area (Å²) < 4.78 is 0. The molecule has 0 saturated carbocycles. The molecule has 0 amide bonds. The summed E-state index contributed by atoms with van der Waals surface area (Å²) >= 11 is 0. The Balaban J connectivity index is 3.07. The molecule has 0 spiro atoms. The van der Waals surface area contributed by atoms with Gasteiger partial charge in [0.05, 0.1) is 0 Å². The van der Waals surface area contributed by atoms with Gasteiger partial charge in [-0.15, -0.1) is 0 Å². The van der Waals surface area contributed by atoms with Crippen molar-refractivity contribution in [2.75, 3.05) is 0 Å². The highest BCUT2D eigenvalue weighted by molar-refractivity contribution is 5.56. The van der Waals surface area contributed by atoms with Crippen molar-refractivity contribution in [3.05, 3.63) is 47.1 Å². The molecule has 0 fully saturated rings. The Hall–Kier alpha value is -1.04. The van der Waals surface area contributed by atoms with Crippen molar-refractivity contribution in [2.24, 2.45) is 0 Å². The van der Waals surface area contributed by atoms with Crippen molar-refractivity contribution in [3.8, 4) is 0 Å².